The predicted octanol–water partition coefficient (Wildman–Crippen LogP) is -0.322. The minimum Gasteiger partial charge on any atom is -0.370 e. The minimum absolute atomic E-state index is 0.102. The van der Waals surface area contributed by atoms with Crippen molar-refractivity contribution in [1.29, 1.82) is 0 Å². The van der Waals surface area contributed by atoms with Crippen LogP contribution in [0.25, 0.3) is 0 Å². The summed E-state index contributed by atoms with van der Waals surface area (Å²) in [7, 11) is 1.76. The Bertz CT molecular complexity index is 978. The lowest BCUT2D eigenvalue weighted by Gasteiger charge is -2.18. The van der Waals surface area contributed by atoms with Crippen molar-refractivity contribution in [2.24, 2.45) is 29.2 Å². The second-order valence-electron chi connectivity index (χ2n) is 7.89. The van der Waals surface area contributed by atoms with Crippen LogP contribution in [0.15, 0.2) is 28.2 Å². The van der Waals surface area contributed by atoms with Gasteiger partial charge in [0.05, 0.1) is 11.8 Å². The third kappa shape index (κ3) is 8.66. The highest BCUT2D eigenvalue weighted by molar-refractivity contribution is 6.04. The molecule has 0 aromatic carbocycles. The summed E-state index contributed by atoms with van der Waals surface area (Å²) >= 11 is 0. The van der Waals surface area contributed by atoms with Gasteiger partial charge in [0.15, 0.2) is 5.96 Å². The van der Waals surface area contributed by atoms with Crippen LogP contribution in [0.2, 0.25) is 0 Å². The molecule has 0 unspecified atom stereocenters. The fourth-order valence-electron chi connectivity index (χ4n) is 3.38. The predicted molar refractivity (Wildman–Crippen MR) is 129 cm³/mol. The van der Waals surface area contributed by atoms with E-state index < -0.39 is 5.69 Å². The molecule has 2 heterocycles. The van der Waals surface area contributed by atoms with E-state index in [9.17, 15) is 9.59 Å². The first-order chi connectivity index (χ1) is 15.8. The van der Waals surface area contributed by atoms with Crippen molar-refractivity contribution >= 4 is 17.7 Å². The van der Waals surface area contributed by atoms with Crippen LogP contribution in [-0.2, 0) is 13.6 Å². The molecule has 2 aromatic heterocycles. The Balaban J connectivity index is 1.88. The Labute approximate surface area is 193 Å². The van der Waals surface area contributed by atoms with E-state index in [2.05, 4.69) is 25.7 Å². The van der Waals surface area contributed by atoms with Gasteiger partial charge < -0.3 is 27.8 Å². The van der Waals surface area contributed by atoms with Gasteiger partial charge in [0.25, 0.3) is 5.91 Å². The van der Waals surface area contributed by atoms with E-state index in [-0.39, 0.29) is 23.7 Å². The van der Waals surface area contributed by atoms with Crippen LogP contribution >= 0.6 is 0 Å². The summed E-state index contributed by atoms with van der Waals surface area (Å²) in [5.41, 5.74) is 17.1. The van der Waals surface area contributed by atoms with Crippen LogP contribution in [-0.4, -0.2) is 56.9 Å². The van der Waals surface area contributed by atoms with Gasteiger partial charge in [-0.15, -0.1) is 0 Å². The fraction of sp³-hybridized carbons (Fsp3) is 0.571. The molecular formula is C21H36N10O2. The van der Waals surface area contributed by atoms with Gasteiger partial charge in [-0.1, -0.05) is 0 Å². The molecule has 12 nitrogen and oxygen atoms in total. The highest BCUT2D eigenvalue weighted by Gasteiger charge is 2.14. The third-order valence-corrected chi connectivity index (χ3v) is 5.37. The van der Waals surface area contributed by atoms with Gasteiger partial charge in [0, 0.05) is 38.1 Å². The number of guanidine groups is 1. The second kappa shape index (κ2) is 13.3. The monoisotopic (exact) mass is 460 g/mol. The number of aryl methyl sites for hydroxylation is 2. The minimum atomic E-state index is -0.406. The topological polar surface area (TPSA) is 184 Å². The molecule has 1 atom stereocenters. The first kappa shape index (κ1) is 26.0. The maximum Gasteiger partial charge on any atom is 0.349 e. The van der Waals surface area contributed by atoms with Crippen molar-refractivity contribution in [2.75, 3.05) is 25.0 Å². The molecule has 0 aliphatic heterocycles. The molecule has 0 saturated heterocycles. The third-order valence-electron chi connectivity index (χ3n) is 5.37. The lowest BCUT2D eigenvalue weighted by Crippen LogP contribution is -2.32. The zero-order valence-electron chi connectivity index (χ0n) is 19.5. The number of nitrogens with zero attached hydrogens (tertiary/aromatic N) is 5. The second-order valence-corrected chi connectivity index (χ2v) is 7.89. The number of aromatic nitrogens is 4. The summed E-state index contributed by atoms with van der Waals surface area (Å²) in [5, 5.41) is 10.2. The van der Waals surface area contributed by atoms with Crippen molar-refractivity contribution in [3.8, 4) is 0 Å². The quantitative estimate of drug-likeness (QED) is 0.144. The van der Waals surface area contributed by atoms with Crippen LogP contribution in [0.4, 0.5) is 5.82 Å². The molecule has 0 bridgehead atoms. The number of aliphatic imine (C=N–C) groups is 1. The fourth-order valence-corrected chi connectivity index (χ4v) is 3.38. The molecule has 12 heteroatoms. The van der Waals surface area contributed by atoms with Crippen LogP contribution in [0.1, 0.15) is 48.2 Å². The Hall–Kier alpha value is -3.25. The number of carbonyl (C=O) groups is 1. The molecule has 2 aromatic rings. The highest BCUT2D eigenvalue weighted by Crippen LogP contribution is 2.10. The van der Waals surface area contributed by atoms with Crippen LogP contribution in [0, 0.1) is 6.92 Å². The van der Waals surface area contributed by atoms with Crippen molar-refractivity contribution in [2.45, 2.75) is 51.6 Å². The van der Waals surface area contributed by atoms with Crippen molar-refractivity contribution in [3.05, 3.63) is 40.2 Å². The van der Waals surface area contributed by atoms with Gasteiger partial charge >= 0.3 is 5.69 Å². The SMILES string of the molecule is Cc1c(C(=O)Nc2ccn(CCC[C@H](CCCN=C(N)N)NCCCN)c(=O)n2)cnn1C. The molecule has 182 valence electrons. The van der Waals surface area contributed by atoms with E-state index in [1.807, 2.05) is 0 Å². The van der Waals surface area contributed by atoms with E-state index in [4.69, 9.17) is 17.2 Å². The molecule has 0 aliphatic rings. The smallest absolute Gasteiger partial charge is 0.349 e. The molecule has 2 rings (SSSR count). The average Bonchev–Trinajstić information content (AvgIpc) is 3.10. The van der Waals surface area contributed by atoms with Crippen LogP contribution in [0.3, 0.4) is 0 Å². The number of carbonyl (C=O) groups excluding carboxylic acids is 1. The Morgan fingerprint density at radius 1 is 1.24 bits per heavy atom. The number of hydrogen-bond acceptors (Lipinski definition) is 7. The van der Waals surface area contributed by atoms with Gasteiger partial charge in [-0.3, -0.25) is 19.0 Å². The first-order valence-electron chi connectivity index (χ1n) is 11.2. The lowest BCUT2D eigenvalue weighted by molar-refractivity contribution is 0.102. The maximum atomic E-state index is 12.4. The van der Waals surface area contributed by atoms with E-state index in [0.717, 1.165) is 44.3 Å². The van der Waals surface area contributed by atoms with Gasteiger partial charge in [0.1, 0.15) is 5.82 Å². The number of hydrogen-bond donors (Lipinski definition) is 5. The molecule has 8 N–H and O–H groups in total. The Kier molecular flexibility index (Phi) is 10.5. The van der Waals surface area contributed by atoms with Gasteiger partial charge in [-0.2, -0.15) is 10.1 Å². The summed E-state index contributed by atoms with van der Waals surface area (Å²) in [5.74, 6) is -0.0346. The van der Waals surface area contributed by atoms with Crippen molar-refractivity contribution < 1.29 is 4.79 Å². The van der Waals surface area contributed by atoms with Crippen LogP contribution in [0.5, 0.6) is 0 Å². The number of nitrogens with one attached hydrogen (secondary N) is 2. The summed E-state index contributed by atoms with van der Waals surface area (Å²) in [4.78, 5) is 32.8. The average molecular weight is 461 g/mol. The first-order valence-corrected chi connectivity index (χ1v) is 11.2. The summed E-state index contributed by atoms with van der Waals surface area (Å²) < 4.78 is 3.15. The Morgan fingerprint density at radius 2 is 2.00 bits per heavy atom. The van der Waals surface area contributed by atoms with Gasteiger partial charge in [-0.25, -0.2) is 4.79 Å². The van der Waals surface area contributed by atoms with E-state index in [1.165, 1.54) is 6.20 Å². The molecule has 1 amide bonds. The molecule has 0 radical (unpaired) electrons. The standard InChI is InChI=1S/C21H36N10O2/c1-15-17(14-27-30(15)2)19(32)28-18-8-13-31(21(33)29-18)12-4-7-16(25-11-5-9-22)6-3-10-26-20(23)24/h8,13-14,16,25H,3-7,9-12,22H2,1-2H3,(H4,23,24,26)(H,28,29,32,33)/t16-/m0/s1. The number of nitrogens with two attached hydrogens (primary N) is 3. The number of rotatable bonds is 14. The van der Waals surface area contributed by atoms with E-state index >= 15 is 0 Å². The zero-order chi connectivity index (χ0) is 24.2. The molecular weight excluding hydrogens is 424 g/mol. The maximum absolute atomic E-state index is 12.4. The molecule has 0 spiro atoms. The molecule has 33 heavy (non-hydrogen) atoms. The zero-order valence-corrected chi connectivity index (χ0v) is 19.5. The number of anilines is 1. The molecule has 0 saturated carbocycles. The highest BCUT2D eigenvalue weighted by atomic mass is 16.2. The Morgan fingerprint density at radius 3 is 2.64 bits per heavy atom. The van der Waals surface area contributed by atoms with E-state index in [1.54, 1.807) is 35.5 Å². The van der Waals surface area contributed by atoms with Gasteiger partial charge in [-0.05, 0) is 58.2 Å². The summed E-state index contributed by atoms with van der Waals surface area (Å²) in [6.45, 7) is 4.40. The summed E-state index contributed by atoms with van der Waals surface area (Å²) in [6.07, 6.45) is 7.51. The lowest BCUT2D eigenvalue weighted by atomic mass is 10.1. The van der Waals surface area contributed by atoms with Crippen molar-refractivity contribution in [3.63, 3.8) is 0 Å². The molecule has 0 aliphatic carbocycles. The van der Waals surface area contributed by atoms with Crippen LogP contribution < -0.4 is 33.5 Å². The van der Waals surface area contributed by atoms with E-state index in [0.29, 0.717) is 25.2 Å². The van der Waals surface area contributed by atoms with Gasteiger partial charge in [0.2, 0.25) is 0 Å². The van der Waals surface area contributed by atoms with Crippen molar-refractivity contribution in [1.82, 2.24) is 24.6 Å². The molecule has 0 fully saturated rings. The largest absolute Gasteiger partial charge is 0.370 e. The number of amides is 1. The summed E-state index contributed by atoms with van der Waals surface area (Å²) in [6, 6.07) is 1.91. The normalized spacial score (nSPS) is 11.8.